The van der Waals surface area contributed by atoms with Crippen LogP contribution in [-0.2, 0) is 0 Å². The molecule has 21 heavy (non-hydrogen) atoms. The summed E-state index contributed by atoms with van der Waals surface area (Å²) in [6, 6.07) is 16.1. The lowest BCUT2D eigenvalue weighted by molar-refractivity contribution is 0.0697. The van der Waals surface area contributed by atoms with Crippen LogP contribution in [0.25, 0.3) is 0 Å². The van der Waals surface area contributed by atoms with Crippen molar-refractivity contribution in [2.45, 2.75) is 0 Å². The number of hydrogen-bond donors (Lipinski definition) is 2. The van der Waals surface area contributed by atoms with Gasteiger partial charge in [0.1, 0.15) is 0 Å². The third-order valence-corrected chi connectivity index (χ3v) is 3.28. The van der Waals surface area contributed by atoms with E-state index in [0.29, 0.717) is 5.96 Å². The van der Waals surface area contributed by atoms with Crippen LogP contribution in [0.15, 0.2) is 54.6 Å². The molecule has 2 N–H and O–H groups in total. The van der Waals surface area contributed by atoms with Crippen molar-refractivity contribution < 1.29 is 9.90 Å². The van der Waals surface area contributed by atoms with Crippen molar-refractivity contribution in [3.05, 3.63) is 60.2 Å². The number of hydrogen-bond acceptors (Lipinski definition) is 2. The standard InChI is InChI=1S/C16H17N3O2/c1-18(13-6-4-3-5-7-13)16(17)19(2)14-10-8-12(9-11-14)15(20)21/h3-11,17H,1-2H3,(H,20,21). The summed E-state index contributed by atoms with van der Waals surface area (Å²) in [6.07, 6.45) is 0. The topological polar surface area (TPSA) is 67.6 Å². The molecule has 0 aliphatic rings. The number of carboxylic acids is 1. The maximum Gasteiger partial charge on any atom is 0.335 e. The number of para-hydroxylation sites is 1. The number of rotatable bonds is 3. The Balaban J connectivity index is 2.17. The van der Waals surface area contributed by atoms with Crippen LogP contribution in [0.2, 0.25) is 0 Å². The van der Waals surface area contributed by atoms with Crippen molar-refractivity contribution in [3.63, 3.8) is 0 Å². The van der Waals surface area contributed by atoms with E-state index in [1.807, 2.05) is 37.4 Å². The van der Waals surface area contributed by atoms with Gasteiger partial charge in [-0.05, 0) is 36.4 Å². The van der Waals surface area contributed by atoms with E-state index in [2.05, 4.69) is 0 Å². The number of anilines is 2. The van der Waals surface area contributed by atoms with E-state index in [9.17, 15) is 4.79 Å². The SMILES string of the molecule is CN(C(=N)N(C)c1ccc(C(=O)O)cc1)c1ccccc1. The van der Waals surface area contributed by atoms with Crippen molar-refractivity contribution in [2.24, 2.45) is 0 Å². The summed E-state index contributed by atoms with van der Waals surface area (Å²) in [4.78, 5) is 14.3. The Morgan fingerprint density at radius 2 is 1.38 bits per heavy atom. The fraction of sp³-hybridized carbons (Fsp3) is 0.125. The van der Waals surface area contributed by atoms with Crippen LogP contribution in [0.1, 0.15) is 10.4 Å². The minimum atomic E-state index is -0.958. The lowest BCUT2D eigenvalue weighted by atomic mass is 10.2. The molecule has 5 heteroatoms. The molecule has 0 saturated heterocycles. The Labute approximate surface area is 123 Å². The molecule has 2 aromatic carbocycles. The Kier molecular flexibility index (Phi) is 4.23. The van der Waals surface area contributed by atoms with Crippen LogP contribution in [0.3, 0.4) is 0 Å². The summed E-state index contributed by atoms with van der Waals surface area (Å²) in [7, 11) is 3.59. The van der Waals surface area contributed by atoms with E-state index in [0.717, 1.165) is 11.4 Å². The molecule has 0 amide bonds. The smallest absolute Gasteiger partial charge is 0.335 e. The van der Waals surface area contributed by atoms with Gasteiger partial charge < -0.3 is 14.9 Å². The summed E-state index contributed by atoms with van der Waals surface area (Å²) in [5.41, 5.74) is 1.90. The summed E-state index contributed by atoms with van der Waals surface area (Å²) < 4.78 is 0. The highest BCUT2D eigenvalue weighted by molar-refractivity contribution is 6.04. The first-order chi connectivity index (χ1) is 10.0. The molecule has 0 atom stereocenters. The molecular formula is C16H17N3O2. The zero-order valence-corrected chi connectivity index (χ0v) is 11.9. The maximum absolute atomic E-state index is 10.8. The van der Waals surface area contributed by atoms with E-state index in [1.54, 1.807) is 29.0 Å². The van der Waals surface area contributed by atoms with Gasteiger partial charge in [-0.3, -0.25) is 5.41 Å². The lowest BCUT2D eigenvalue weighted by Gasteiger charge is -2.28. The van der Waals surface area contributed by atoms with Crippen molar-refractivity contribution in [1.29, 1.82) is 5.41 Å². The van der Waals surface area contributed by atoms with E-state index in [4.69, 9.17) is 10.5 Å². The van der Waals surface area contributed by atoms with Crippen molar-refractivity contribution in [1.82, 2.24) is 0 Å². The van der Waals surface area contributed by atoms with E-state index in [1.165, 1.54) is 12.1 Å². The van der Waals surface area contributed by atoms with Crippen LogP contribution in [0.4, 0.5) is 11.4 Å². The first kappa shape index (κ1) is 14.6. The molecule has 0 bridgehead atoms. The number of nitrogens with zero attached hydrogens (tertiary/aromatic N) is 2. The normalized spacial score (nSPS) is 10.0. The van der Waals surface area contributed by atoms with Gasteiger partial charge in [0.25, 0.3) is 0 Å². The van der Waals surface area contributed by atoms with Crippen molar-refractivity contribution in [2.75, 3.05) is 23.9 Å². The molecule has 2 aromatic rings. The summed E-state index contributed by atoms with van der Waals surface area (Å²) in [5, 5.41) is 17.1. The minimum absolute atomic E-state index is 0.232. The minimum Gasteiger partial charge on any atom is -0.478 e. The van der Waals surface area contributed by atoms with Crippen LogP contribution in [-0.4, -0.2) is 31.1 Å². The molecule has 0 aliphatic carbocycles. The Morgan fingerprint density at radius 1 is 0.905 bits per heavy atom. The van der Waals surface area contributed by atoms with Gasteiger partial charge in [-0.1, -0.05) is 18.2 Å². The van der Waals surface area contributed by atoms with E-state index < -0.39 is 5.97 Å². The summed E-state index contributed by atoms with van der Waals surface area (Å²) in [5.74, 6) is -0.662. The maximum atomic E-state index is 10.8. The molecule has 0 spiro atoms. The van der Waals surface area contributed by atoms with Gasteiger partial charge in [0.05, 0.1) is 5.56 Å². The van der Waals surface area contributed by atoms with Crippen LogP contribution >= 0.6 is 0 Å². The first-order valence-electron chi connectivity index (χ1n) is 6.45. The molecule has 0 heterocycles. The molecule has 5 nitrogen and oxygen atoms in total. The quantitative estimate of drug-likeness (QED) is 0.671. The third kappa shape index (κ3) is 3.20. The first-order valence-corrected chi connectivity index (χ1v) is 6.45. The predicted octanol–water partition coefficient (Wildman–Crippen LogP) is 2.89. The number of benzene rings is 2. The average Bonchev–Trinajstić information content (AvgIpc) is 2.53. The van der Waals surface area contributed by atoms with Gasteiger partial charge in [0.2, 0.25) is 5.96 Å². The van der Waals surface area contributed by atoms with Gasteiger partial charge in [-0.15, -0.1) is 0 Å². The highest BCUT2D eigenvalue weighted by Crippen LogP contribution is 2.18. The van der Waals surface area contributed by atoms with E-state index >= 15 is 0 Å². The molecule has 0 radical (unpaired) electrons. The number of guanidine groups is 1. The number of carbonyl (C=O) groups is 1. The molecule has 0 saturated carbocycles. The van der Waals surface area contributed by atoms with Crippen molar-refractivity contribution >= 4 is 23.3 Å². The van der Waals surface area contributed by atoms with Gasteiger partial charge in [-0.2, -0.15) is 0 Å². The highest BCUT2D eigenvalue weighted by atomic mass is 16.4. The fourth-order valence-electron chi connectivity index (χ4n) is 1.95. The van der Waals surface area contributed by atoms with Crippen LogP contribution in [0.5, 0.6) is 0 Å². The number of carboxylic acid groups (broad SMARTS) is 1. The molecule has 108 valence electrons. The summed E-state index contributed by atoms with van der Waals surface area (Å²) in [6.45, 7) is 0. The second-order valence-electron chi connectivity index (χ2n) is 4.63. The Hall–Kier alpha value is -2.82. The zero-order valence-electron chi connectivity index (χ0n) is 11.9. The predicted molar refractivity (Wildman–Crippen MR) is 84.4 cm³/mol. The van der Waals surface area contributed by atoms with Gasteiger partial charge >= 0.3 is 5.97 Å². The molecule has 0 aliphatic heterocycles. The highest BCUT2D eigenvalue weighted by Gasteiger charge is 2.13. The second kappa shape index (κ2) is 6.09. The monoisotopic (exact) mass is 283 g/mol. The van der Waals surface area contributed by atoms with Gasteiger partial charge in [0.15, 0.2) is 0 Å². The van der Waals surface area contributed by atoms with E-state index in [-0.39, 0.29) is 5.56 Å². The zero-order chi connectivity index (χ0) is 15.4. The molecule has 0 fully saturated rings. The molecule has 0 unspecified atom stereocenters. The van der Waals surface area contributed by atoms with Gasteiger partial charge in [-0.25, -0.2) is 4.79 Å². The number of nitrogens with one attached hydrogen (secondary N) is 1. The third-order valence-electron chi connectivity index (χ3n) is 3.28. The molecule has 2 rings (SSSR count). The molecular weight excluding hydrogens is 266 g/mol. The van der Waals surface area contributed by atoms with Crippen molar-refractivity contribution in [3.8, 4) is 0 Å². The Morgan fingerprint density at radius 3 is 1.86 bits per heavy atom. The van der Waals surface area contributed by atoms with Gasteiger partial charge in [0, 0.05) is 25.5 Å². The van der Waals surface area contributed by atoms with Crippen LogP contribution < -0.4 is 9.80 Å². The fourth-order valence-corrected chi connectivity index (χ4v) is 1.95. The number of aromatic carboxylic acids is 1. The largest absolute Gasteiger partial charge is 0.478 e. The lowest BCUT2D eigenvalue weighted by Crippen LogP contribution is -2.39. The second-order valence-corrected chi connectivity index (χ2v) is 4.63. The molecule has 0 aromatic heterocycles. The van der Waals surface area contributed by atoms with Crippen LogP contribution in [0, 0.1) is 5.41 Å². The summed E-state index contributed by atoms with van der Waals surface area (Å²) >= 11 is 0. The average molecular weight is 283 g/mol. The Bertz CT molecular complexity index is 638.